The second-order valence-corrected chi connectivity index (χ2v) is 7.36. The number of benzene rings is 1. The van der Waals surface area contributed by atoms with Crippen LogP contribution in [0.3, 0.4) is 0 Å². The van der Waals surface area contributed by atoms with Crippen LogP contribution in [0.2, 0.25) is 0 Å². The molecular weight excluding hydrogens is 394 g/mol. The maximum absolute atomic E-state index is 6.06. The molecule has 1 aliphatic heterocycles. The van der Waals surface area contributed by atoms with Gasteiger partial charge in [0.2, 0.25) is 5.95 Å². The monoisotopic (exact) mass is 417 g/mol. The van der Waals surface area contributed by atoms with E-state index in [4.69, 9.17) is 13.9 Å². The third-order valence-electron chi connectivity index (χ3n) is 5.25. The van der Waals surface area contributed by atoms with Crippen LogP contribution in [0.15, 0.2) is 65.5 Å². The number of furan rings is 1. The van der Waals surface area contributed by atoms with E-state index in [9.17, 15) is 0 Å². The van der Waals surface area contributed by atoms with Crippen LogP contribution in [0.1, 0.15) is 17.6 Å². The number of aromatic nitrogens is 3. The lowest BCUT2D eigenvalue weighted by Crippen LogP contribution is -2.38. The van der Waals surface area contributed by atoms with Crippen LogP contribution in [-0.4, -0.2) is 46.7 Å². The molecule has 0 aliphatic carbocycles. The number of nitrogens with one attached hydrogen (secondary N) is 1. The number of nitrogens with zero attached hydrogens (tertiary/aromatic N) is 4. The molecule has 3 aromatic heterocycles. The molecule has 1 aliphatic rings. The van der Waals surface area contributed by atoms with Crippen molar-refractivity contribution >= 4 is 22.6 Å². The first-order valence-corrected chi connectivity index (χ1v) is 10.2. The highest BCUT2D eigenvalue weighted by Crippen LogP contribution is 2.30. The van der Waals surface area contributed by atoms with Crippen molar-refractivity contribution < 1.29 is 13.9 Å². The number of hydrogen-bond acceptors (Lipinski definition) is 8. The van der Waals surface area contributed by atoms with Crippen LogP contribution in [0, 0.1) is 0 Å². The first kappa shape index (κ1) is 19.5. The zero-order valence-corrected chi connectivity index (χ0v) is 17.2. The maximum atomic E-state index is 6.06. The highest BCUT2D eigenvalue weighted by molar-refractivity contribution is 5.83. The molecule has 1 atom stereocenters. The zero-order valence-electron chi connectivity index (χ0n) is 17.2. The fourth-order valence-corrected chi connectivity index (χ4v) is 3.74. The minimum absolute atomic E-state index is 0.0883. The van der Waals surface area contributed by atoms with Crippen LogP contribution in [0.5, 0.6) is 5.75 Å². The molecule has 0 bridgehead atoms. The van der Waals surface area contributed by atoms with E-state index >= 15 is 0 Å². The standard InChI is InChI=1S/C23H23N5O3/c1-29-20-5-2-4-16-12-18(31-22(16)20)14-28-10-11-30-21(15-28)19-7-6-17(13-26-19)27-23-24-8-3-9-25-23/h2-9,12-13,21H,10-11,14-15H2,1H3,(H,24,25,27). The van der Waals surface area contributed by atoms with Gasteiger partial charge in [0.05, 0.1) is 37.8 Å². The van der Waals surface area contributed by atoms with Gasteiger partial charge in [0.25, 0.3) is 0 Å². The smallest absolute Gasteiger partial charge is 0.227 e. The van der Waals surface area contributed by atoms with E-state index < -0.39 is 0 Å². The van der Waals surface area contributed by atoms with Crippen molar-refractivity contribution in [3.8, 4) is 5.75 Å². The van der Waals surface area contributed by atoms with E-state index in [0.29, 0.717) is 19.1 Å². The van der Waals surface area contributed by atoms with Gasteiger partial charge < -0.3 is 19.2 Å². The molecule has 0 spiro atoms. The number of rotatable bonds is 6. The molecule has 1 N–H and O–H groups in total. The number of ether oxygens (including phenoxy) is 2. The molecule has 5 rings (SSSR count). The normalized spacial score (nSPS) is 17.0. The third kappa shape index (κ3) is 4.35. The Bertz CT molecular complexity index is 1150. The van der Waals surface area contributed by atoms with Gasteiger partial charge in [-0.2, -0.15) is 0 Å². The molecule has 31 heavy (non-hydrogen) atoms. The topological polar surface area (TPSA) is 85.5 Å². The second kappa shape index (κ2) is 8.71. The lowest BCUT2D eigenvalue weighted by atomic mass is 10.1. The van der Waals surface area contributed by atoms with Crippen LogP contribution in [-0.2, 0) is 11.3 Å². The quantitative estimate of drug-likeness (QED) is 0.505. The Balaban J connectivity index is 1.25. The summed E-state index contributed by atoms with van der Waals surface area (Å²) in [7, 11) is 1.66. The molecule has 4 aromatic rings. The van der Waals surface area contributed by atoms with Crippen molar-refractivity contribution in [2.45, 2.75) is 12.6 Å². The first-order valence-electron chi connectivity index (χ1n) is 10.2. The summed E-state index contributed by atoms with van der Waals surface area (Å²) >= 11 is 0. The predicted octanol–water partition coefficient (Wildman–Crippen LogP) is 3.94. The Hall–Kier alpha value is -3.49. The number of hydrogen-bond donors (Lipinski definition) is 1. The predicted molar refractivity (Wildman–Crippen MR) is 116 cm³/mol. The second-order valence-electron chi connectivity index (χ2n) is 7.36. The SMILES string of the molecule is COc1cccc2cc(CN3CCOC(c4ccc(Nc5ncccn5)cn4)C3)oc12. The summed E-state index contributed by atoms with van der Waals surface area (Å²) in [6.07, 6.45) is 5.08. The van der Waals surface area contributed by atoms with E-state index in [1.165, 1.54) is 0 Å². The number of fused-ring (bicyclic) bond motifs is 1. The highest BCUT2D eigenvalue weighted by atomic mass is 16.5. The average Bonchev–Trinajstić information content (AvgIpc) is 3.23. The van der Waals surface area contributed by atoms with Crippen LogP contribution < -0.4 is 10.1 Å². The molecule has 1 unspecified atom stereocenters. The van der Waals surface area contributed by atoms with Gasteiger partial charge in [0.1, 0.15) is 11.9 Å². The maximum Gasteiger partial charge on any atom is 0.227 e. The van der Waals surface area contributed by atoms with Crippen LogP contribution >= 0.6 is 0 Å². The van der Waals surface area contributed by atoms with E-state index in [0.717, 1.165) is 46.9 Å². The molecule has 1 fully saturated rings. The molecule has 158 valence electrons. The van der Waals surface area contributed by atoms with E-state index in [1.54, 1.807) is 31.8 Å². The largest absolute Gasteiger partial charge is 0.493 e. The van der Waals surface area contributed by atoms with E-state index in [-0.39, 0.29) is 6.10 Å². The summed E-state index contributed by atoms with van der Waals surface area (Å²) in [4.78, 5) is 15.2. The van der Waals surface area contributed by atoms with Gasteiger partial charge in [-0.15, -0.1) is 0 Å². The van der Waals surface area contributed by atoms with E-state index in [1.807, 2.05) is 30.3 Å². The number of para-hydroxylation sites is 1. The minimum atomic E-state index is -0.0883. The van der Waals surface area contributed by atoms with Crippen molar-refractivity contribution in [1.82, 2.24) is 19.9 Å². The van der Waals surface area contributed by atoms with Gasteiger partial charge in [-0.25, -0.2) is 9.97 Å². The summed E-state index contributed by atoms with van der Waals surface area (Å²) in [6.45, 7) is 2.95. The molecule has 4 heterocycles. The fraction of sp³-hybridized carbons (Fsp3) is 0.261. The van der Waals surface area contributed by atoms with Crippen molar-refractivity contribution in [2.24, 2.45) is 0 Å². The Morgan fingerprint density at radius 3 is 2.84 bits per heavy atom. The average molecular weight is 417 g/mol. The lowest BCUT2D eigenvalue weighted by molar-refractivity contribution is -0.0366. The van der Waals surface area contributed by atoms with Gasteiger partial charge >= 0.3 is 0 Å². The molecule has 0 amide bonds. The first-order chi connectivity index (χ1) is 15.3. The van der Waals surface area contributed by atoms with Crippen molar-refractivity contribution in [3.05, 3.63) is 72.5 Å². The molecule has 1 saturated heterocycles. The Morgan fingerprint density at radius 2 is 2.03 bits per heavy atom. The highest BCUT2D eigenvalue weighted by Gasteiger charge is 2.24. The Labute approximate surface area is 179 Å². The summed E-state index contributed by atoms with van der Waals surface area (Å²) < 4.78 is 17.5. The summed E-state index contributed by atoms with van der Waals surface area (Å²) in [5, 5.41) is 4.19. The number of methoxy groups -OCH3 is 1. The molecule has 0 saturated carbocycles. The summed E-state index contributed by atoms with van der Waals surface area (Å²) in [6, 6.07) is 13.7. The van der Waals surface area contributed by atoms with Gasteiger partial charge in [0, 0.05) is 30.9 Å². The molecule has 8 nitrogen and oxygen atoms in total. The number of pyridine rings is 1. The minimum Gasteiger partial charge on any atom is -0.493 e. The van der Waals surface area contributed by atoms with Crippen LogP contribution in [0.4, 0.5) is 11.6 Å². The number of anilines is 2. The summed E-state index contributed by atoms with van der Waals surface area (Å²) in [5.74, 6) is 2.21. The van der Waals surface area contributed by atoms with Gasteiger partial charge in [0.15, 0.2) is 11.3 Å². The lowest BCUT2D eigenvalue weighted by Gasteiger charge is -2.32. The number of morpholine rings is 1. The molecular formula is C23H23N5O3. The van der Waals surface area contributed by atoms with Crippen molar-refractivity contribution in [3.63, 3.8) is 0 Å². The van der Waals surface area contributed by atoms with Crippen molar-refractivity contribution in [2.75, 3.05) is 32.1 Å². The molecule has 0 radical (unpaired) electrons. The molecule has 8 heteroatoms. The van der Waals surface area contributed by atoms with E-state index in [2.05, 4.69) is 31.2 Å². The Kier molecular flexibility index (Phi) is 5.47. The van der Waals surface area contributed by atoms with Gasteiger partial charge in [-0.1, -0.05) is 12.1 Å². The van der Waals surface area contributed by atoms with Crippen molar-refractivity contribution in [1.29, 1.82) is 0 Å². The van der Waals surface area contributed by atoms with Gasteiger partial charge in [-0.3, -0.25) is 9.88 Å². The third-order valence-corrected chi connectivity index (χ3v) is 5.25. The van der Waals surface area contributed by atoms with Gasteiger partial charge in [-0.05, 0) is 30.3 Å². The fourth-order valence-electron chi connectivity index (χ4n) is 3.74. The zero-order chi connectivity index (χ0) is 21.0. The van der Waals surface area contributed by atoms with Crippen LogP contribution in [0.25, 0.3) is 11.0 Å². The summed E-state index contributed by atoms with van der Waals surface area (Å²) in [5.41, 5.74) is 2.52. The molecule has 1 aromatic carbocycles. The Morgan fingerprint density at radius 1 is 1.13 bits per heavy atom.